The highest BCUT2D eigenvalue weighted by molar-refractivity contribution is 5.82. The summed E-state index contributed by atoms with van der Waals surface area (Å²) in [6.45, 7) is 4.42. The summed E-state index contributed by atoms with van der Waals surface area (Å²) in [6.07, 6.45) is 10.4. The van der Waals surface area contributed by atoms with Crippen LogP contribution in [0.5, 0.6) is 0 Å². The zero-order valence-electron chi connectivity index (χ0n) is 17.7. The van der Waals surface area contributed by atoms with E-state index < -0.39 is 0 Å². The number of amides is 1. The predicted molar refractivity (Wildman–Crippen MR) is 120 cm³/mol. The Morgan fingerprint density at radius 1 is 1.03 bits per heavy atom. The van der Waals surface area contributed by atoms with Gasteiger partial charge in [-0.2, -0.15) is 5.10 Å². The molecule has 3 aliphatic rings. The quantitative estimate of drug-likeness (QED) is 0.709. The SMILES string of the molecule is O=C(C1CC1)N1CCN(c2ccnn3cc(-c4ccc([C@H]5CCCN5)nc4)cc23)CC1. The van der Waals surface area contributed by atoms with Crippen molar-refractivity contribution in [1.29, 1.82) is 0 Å². The number of nitrogens with one attached hydrogen (secondary N) is 1. The Labute approximate surface area is 182 Å². The van der Waals surface area contributed by atoms with Crippen molar-refractivity contribution < 1.29 is 4.79 Å². The summed E-state index contributed by atoms with van der Waals surface area (Å²) in [5, 5.41) is 8.04. The summed E-state index contributed by atoms with van der Waals surface area (Å²) < 4.78 is 1.96. The van der Waals surface area contributed by atoms with Gasteiger partial charge in [-0.05, 0) is 50.4 Å². The van der Waals surface area contributed by atoms with Crippen molar-refractivity contribution in [2.24, 2.45) is 5.92 Å². The largest absolute Gasteiger partial charge is 0.366 e. The first-order valence-electron chi connectivity index (χ1n) is 11.5. The fourth-order valence-corrected chi connectivity index (χ4v) is 4.90. The third kappa shape index (κ3) is 3.57. The molecule has 0 aromatic carbocycles. The molecule has 7 nitrogen and oxygen atoms in total. The summed E-state index contributed by atoms with van der Waals surface area (Å²) in [5.41, 5.74) is 5.64. The Hall–Kier alpha value is -2.93. The van der Waals surface area contributed by atoms with E-state index in [1.165, 1.54) is 12.1 Å². The maximum Gasteiger partial charge on any atom is 0.225 e. The fraction of sp³-hybridized carbons (Fsp3) is 0.458. The maximum absolute atomic E-state index is 12.4. The van der Waals surface area contributed by atoms with E-state index in [0.717, 1.165) is 74.3 Å². The number of piperazine rings is 1. The Kier molecular flexibility index (Phi) is 4.64. The predicted octanol–water partition coefficient (Wildman–Crippen LogP) is 2.88. The molecule has 7 heteroatoms. The van der Waals surface area contributed by atoms with Gasteiger partial charge >= 0.3 is 0 Å². The summed E-state index contributed by atoms with van der Waals surface area (Å²) in [4.78, 5) is 21.5. The molecule has 0 spiro atoms. The lowest BCUT2D eigenvalue weighted by atomic mass is 10.1. The van der Waals surface area contributed by atoms with Gasteiger partial charge in [0.2, 0.25) is 5.91 Å². The number of hydrogen-bond donors (Lipinski definition) is 1. The number of fused-ring (bicyclic) bond motifs is 1. The van der Waals surface area contributed by atoms with Gasteiger partial charge in [-0.25, -0.2) is 4.52 Å². The number of carbonyl (C=O) groups excluding carboxylic acids is 1. The van der Waals surface area contributed by atoms with Crippen LogP contribution >= 0.6 is 0 Å². The summed E-state index contributed by atoms with van der Waals surface area (Å²) in [7, 11) is 0. The lowest BCUT2D eigenvalue weighted by Crippen LogP contribution is -2.49. The van der Waals surface area contributed by atoms with Crippen molar-refractivity contribution in [3.8, 4) is 11.1 Å². The monoisotopic (exact) mass is 416 g/mol. The van der Waals surface area contributed by atoms with Crippen LogP contribution in [-0.2, 0) is 4.79 Å². The zero-order chi connectivity index (χ0) is 20.8. The first kappa shape index (κ1) is 18.8. The average Bonchev–Trinajstić information content (AvgIpc) is 3.33. The van der Waals surface area contributed by atoms with Crippen LogP contribution in [0.1, 0.15) is 37.4 Å². The lowest BCUT2D eigenvalue weighted by molar-refractivity contribution is -0.132. The van der Waals surface area contributed by atoms with Crippen LogP contribution < -0.4 is 10.2 Å². The molecular weight excluding hydrogens is 388 g/mol. The smallest absolute Gasteiger partial charge is 0.225 e. The van der Waals surface area contributed by atoms with Gasteiger partial charge in [0, 0.05) is 67.9 Å². The van der Waals surface area contributed by atoms with E-state index in [9.17, 15) is 4.79 Å². The molecule has 31 heavy (non-hydrogen) atoms. The second kappa shape index (κ2) is 7.64. The number of pyridine rings is 1. The Morgan fingerprint density at radius 2 is 1.90 bits per heavy atom. The fourth-order valence-electron chi connectivity index (χ4n) is 4.90. The van der Waals surface area contributed by atoms with E-state index in [-0.39, 0.29) is 0 Å². The molecule has 1 aliphatic carbocycles. The highest BCUT2D eigenvalue weighted by atomic mass is 16.2. The summed E-state index contributed by atoms with van der Waals surface area (Å²) in [5.74, 6) is 0.657. The molecular formula is C24H28N6O. The van der Waals surface area contributed by atoms with Crippen LogP contribution in [0.15, 0.2) is 42.9 Å². The van der Waals surface area contributed by atoms with E-state index >= 15 is 0 Å². The number of rotatable bonds is 4. The van der Waals surface area contributed by atoms with E-state index in [1.54, 1.807) is 0 Å². The van der Waals surface area contributed by atoms with Gasteiger partial charge in [0.1, 0.15) is 0 Å². The molecule has 160 valence electrons. The van der Waals surface area contributed by atoms with Crippen molar-refractivity contribution in [3.05, 3.63) is 48.5 Å². The van der Waals surface area contributed by atoms with Crippen molar-refractivity contribution in [2.75, 3.05) is 37.6 Å². The molecule has 3 fully saturated rings. The standard InChI is InChI=1S/C24H28N6O/c31-24(17-3-4-17)29-12-10-28(11-13-29)22-7-9-27-30-16-19(14-23(22)30)18-5-6-21(26-15-18)20-2-1-8-25-20/h5-7,9,14-17,20,25H,1-4,8,10-13H2/t20-/m1/s1. The van der Waals surface area contributed by atoms with Crippen molar-refractivity contribution in [1.82, 2.24) is 24.8 Å². The first-order valence-corrected chi connectivity index (χ1v) is 11.5. The van der Waals surface area contributed by atoms with Crippen LogP contribution in [0, 0.1) is 5.92 Å². The molecule has 6 rings (SSSR count). The molecule has 0 bridgehead atoms. The minimum atomic E-state index is 0.303. The van der Waals surface area contributed by atoms with E-state index in [1.807, 2.05) is 21.8 Å². The van der Waals surface area contributed by atoms with Crippen LogP contribution in [0.25, 0.3) is 16.6 Å². The van der Waals surface area contributed by atoms with Gasteiger partial charge in [-0.3, -0.25) is 9.78 Å². The van der Waals surface area contributed by atoms with Crippen molar-refractivity contribution in [3.63, 3.8) is 0 Å². The van der Waals surface area contributed by atoms with Gasteiger partial charge < -0.3 is 15.1 Å². The molecule has 3 aromatic rings. The van der Waals surface area contributed by atoms with E-state index in [0.29, 0.717) is 17.9 Å². The molecule has 1 saturated carbocycles. The number of aromatic nitrogens is 3. The molecule has 0 radical (unpaired) electrons. The lowest BCUT2D eigenvalue weighted by Gasteiger charge is -2.36. The summed E-state index contributed by atoms with van der Waals surface area (Å²) >= 11 is 0. The number of anilines is 1. The minimum absolute atomic E-state index is 0.303. The van der Waals surface area contributed by atoms with Crippen LogP contribution in [0.3, 0.4) is 0 Å². The van der Waals surface area contributed by atoms with Gasteiger partial charge in [-0.1, -0.05) is 6.07 Å². The second-order valence-corrected chi connectivity index (χ2v) is 8.98. The zero-order valence-corrected chi connectivity index (χ0v) is 17.7. The Morgan fingerprint density at radius 3 is 2.61 bits per heavy atom. The Bertz CT molecular complexity index is 1090. The van der Waals surface area contributed by atoms with Crippen molar-refractivity contribution >= 4 is 17.1 Å². The molecule has 2 saturated heterocycles. The third-order valence-corrected chi connectivity index (χ3v) is 6.88. The molecule has 1 N–H and O–H groups in total. The van der Waals surface area contributed by atoms with Gasteiger partial charge in [-0.15, -0.1) is 0 Å². The normalized spacial score (nSPS) is 21.7. The number of carbonyl (C=O) groups is 1. The average molecular weight is 417 g/mol. The van der Waals surface area contributed by atoms with Crippen LogP contribution in [-0.4, -0.2) is 58.1 Å². The molecule has 2 aliphatic heterocycles. The molecule has 3 aromatic heterocycles. The topological polar surface area (TPSA) is 65.8 Å². The second-order valence-electron chi connectivity index (χ2n) is 8.98. The number of hydrogen-bond acceptors (Lipinski definition) is 5. The summed E-state index contributed by atoms with van der Waals surface area (Å²) in [6, 6.07) is 8.99. The van der Waals surface area contributed by atoms with E-state index in [4.69, 9.17) is 4.98 Å². The first-order chi connectivity index (χ1) is 15.3. The third-order valence-electron chi connectivity index (χ3n) is 6.88. The van der Waals surface area contributed by atoms with Crippen molar-refractivity contribution in [2.45, 2.75) is 31.7 Å². The van der Waals surface area contributed by atoms with Gasteiger partial charge in [0.25, 0.3) is 0 Å². The van der Waals surface area contributed by atoms with Gasteiger partial charge in [0.05, 0.1) is 16.9 Å². The Balaban J connectivity index is 1.22. The molecule has 0 unspecified atom stereocenters. The minimum Gasteiger partial charge on any atom is -0.366 e. The highest BCUT2D eigenvalue weighted by Crippen LogP contribution is 2.33. The van der Waals surface area contributed by atoms with Crippen LogP contribution in [0.4, 0.5) is 5.69 Å². The maximum atomic E-state index is 12.4. The van der Waals surface area contributed by atoms with E-state index in [2.05, 4.69) is 45.8 Å². The van der Waals surface area contributed by atoms with Crippen LogP contribution in [0.2, 0.25) is 0 Å². The number of nitrogens with zero attached hydrogens (tertiary/aromatic N) is 5. The molecule has 1 atom stereocenters. The van der Waals surface area contributed by atoms with Gasteiger partial charge in [0.15, 0.2) is 0 Å². The molecule has 1 amide bonds. The molecule has 5 heterocycles. The highest BCUT2D eigenvalue weighted by Gasteiger charge is 2.34.